The molecule has 0 radical (unpaired) electrons. The number of nitrogens with one attached hydrogen (secondary N) is 4. The molecule has 2 heterocycles. The van der Waals surface area contributed by atoms with Crippen LogP contribution in [0.25, 0.3) is 0 Å². The minimum Gasteiger partial charge on any atom is -0.480 e. The van der Waals surface area contributed by atoms with Crippen LogP contribution in [0.1, 0.15) is 59.3 Å². The number of unbranched alkanes of at least 4 members (excludes halogenated alkanes) is 1. The maximum atomic E-state index is 12.5. The molecule has 2 aliphatic heterocycles. The van der Waals surface area contributed by atoms with Gasteiger partial charge in [0, 0.05) is 52.1 Å². The number of rotatable bonds is 12. The number of aliphatic imine (C=N–C) groups is 1. The highest BCUT2D eigenvalue weighted by Crippen LogP contribution is 2.21. The van der Waals surface area contributed by atoms with Crippen LogP contribution in [0.3, 0.4) is 0 Å². The third kappa shape index (κ3) is 11.1. The van der Waals surface area contributed by atoms with E-state index in [0.717, 1.165) is 31.9 Å². The maximum Gasteiger partial charge on any atom is 0.328 e. The molecular formula is C24H43N7O5. The van der Waals surface area contributed by atoms with Crippen molar-refractivity contribution in [2.24, 2.45) is 10.4 Å². The first kappa shape index (κ1) is 29.2. The zero-order valence-electron chi connectivity index (χ0n) is 21.9. The van der Waals surface area contributed by atoms with Crippen molar-refractivity contribution in [2.45, 2.75) is 65.3 Å². The number of aliphatic carboxylic acids is 1. The third-order valence-electron chi connectivity index (χ3n) is 6.12. The number of carboxylic acid groups (broad SMARTS) is 1. The molecule has 0 saturated carbocycles. The average molecular weight is 510 g/mol. The van der Waals surface area contributed by atoms with Crippen LogP contribution in [0.2, 0.25) is 0 Å². The molecule has 1 atom stereocenters. The molecule has 0 aromatic heterocycles. The normalized spacial score (nSPS) is 16.6. The molecule has 1 saturated heterocycles. The van der Waals surface area contributed by atoms with E-state index in [9.17, 15) is 24.3 Å². The summed E-state index contributed by atoms with van der Waals surface area (Å²) in [6, 6.07) is -1.59. The van der Waals surface area contributed by atoms with E-state index in [1.807, 2.05) is 0 Å². The molecule has 0 aliphatic carbocycles. The molecule has 12 nitrogen and oxygen atoms in total. The zero-order valence-corrected chi connectivity index (χ0v) is 21.9. The summed E-state index contributed by atoms with van der Waals surface area (Å²) in [4.78, 5) is 56.2. The van der Waals surface area contributed by atoms with E-state index in [2.05, 4.69) is 47.0 Å². The summed E-state index contributed by atoms with van der Waals surface area (Å²) in [5.74, 6) is -0.698. The fourth-order valence-electron chi connectivity index (χ4n) is 3.99. The highest BCUT2D eigenvalue weighted by Gasteiger charge is 2.26. The second-order valence-corrected chi connectivity index (χ2v) is 10.5. The first-order valence-electron chi connectivity index (χ1n) is 12.9. The number of hydrogen-bond donors (Lipinski definition) is 5. The quantitative estimate of drug-likeness (QED) is 0.238. The number of carbonyl (C=O) groups is 4. The van der Waals surface area contributed by atoms with Gasteiger partial charge in [-0.2, -0.15) is 0 Å². The monoisotopic (exact) mass is 509 g/mol. The second-order valence-electron chi connectivity index (χ2n) is 10.5. The Bertz CT molecular complexity index is 788. The van der Waals surface area contributed by atoms with Crippen molar-refractivity contribution < 1.29 is 24.3 Å². The van der Waals surface area contributed by atoms with Gasteiger partial charge in [-0.15, -0.1) is 0 Å². The van der Waals surface area contributed by atoms with E-state index in [0.29, 0.717) is 52.0 Å². The van der Waals surface area contributed by atoms with Crippen molar-refractivity contribution in [1.29, 1.82) is 0 Å². The summed E-state index contributed by atoms with van der Waals surface area (Å²) in [6.07, 6.45) is 3.94. The molecule has 12 heteroatoms. The molecule has 2 rings (SSSR count). The standard InChI is InChI=1S/C24H43N7O5/c1-24(2,3)9-5-4-7-19(32)29-18(21(34)35)17-28-23(36)31-15-13-30(14-16-31)20(33)8-6-10-25-22-26-11-12-27-22/h18H,4-17H2,1-3H3,(H,28,36)(H,29,32)(H,34,35)(H2,25,26,27)/t18-/m0/s1. The van der Waals surface area contributed by atoms with Gasteiger partial charge < -0.3 is 36.2 Å². The summed E-state index contributed by atoms with van der Waals surface area (Å²) in [5.41, 5.74) is 0.198. The molecule has 2 aliphatic rings. The molecule has 0 spiro atoms. The summed E-state index contributed by atoms with van der Waals surface area (Å²) in [6.45, 7) is 10.1. The zero-order chi connectivity index (χ0) is 26.6. The largest absolute Gasteiger partial charge is 0.480 e. The smallest absolute Gasteiger partial charge is 0.328 e. The van der Waals surface area contributed by atoms with Crippen LogP contribution in [0.15, 0.2) is 4.99 Å². The van der Waals surface area contributed by atoms with Crippen LogP contribution in [0.5, 0.6) is 0 Å². The molecule has 0 aromatic rings. The van der Waals surface area contributed by atoms with Crippen LogP contribution in [-0.4, -0.2) is 103 Å². The lowest BCUT2D eigenvalue weighted by Gasteiger charge is -2.35. The van der Waals surface area contributed by atoms with Gasteiger partial charge >= 0.3 is 12.0 Å². The third-order valence-corrected chi connectivity index (χ3v) is 6.12. The van der Waals surface area contributed by atoms with Gasteiger partial charge in [0.15, 0.2) is 5.96 Å². The van der Waals surface area contributed by atoms with Crippen LogP contribution in [-0.2, 0) is 14.4 Å². The van der Waals surface area contributed by atoms with E-state index in [1.54, 1.807) is 9.80 Å². The first-order valence-corrected chi connectivity index (χ1v) is 12.9. The Balaban J connectivity index is 1.63. The molecule has 0 aromatic carbocycles. The van der Waals surface area contributed by atoms with Gasteiger partial charge in [-0.3, -0.25) is 14.6 Å². The Morgan fingerprint density at radius 3 is 2.33 bits per heavy atom. The highest BCUT2D eigenvalue weighted by atomic mass is 16.4. The minimum absolute atomic E-state index is 0.0503. The Morgan fingerprint density at radius 2 is 1.72 bits per heavy atom. The second kappa shape index (κ2) is 14.5. The molecule has 5 N–H and O–H groups in total. The number of guanidine groups is 1. The van der Waals surface area contributed by atoms with Gasteiger partial charge in [0.05, 0.1) is 13.1 Å². The van der Waals surface area contributed by atoms with Gasteiger partial charge in [-0.05, 0) is 24.7 Å². The topological polar surface area (TPSA) is 155 Å². The van der Waals surface area contributed by atoms with Crippen LogP contribution < -0.4 is 21.3 Å². The molecular weight excluding hydrogens is 466 g/mol. The van der Waals surface area contributed by atoms with Gasteiger partial charge in [-0.1, -0.05) is 27.2 Å². The molecule has 204 valence electrons. The van der Waals surface area contributed by atoms with Gasteiger partial charge in [0.25, 0.3) is 0 Å². The lowest BCUT2D eigenvalue weighted by Crippen LogP contribution is -2.55. The van der Waals surface area contributed by atoms with Crippen molar-refractivity contribution in [1.82, 2.24) is 31.1 Å². The van der Waals surface area contributed by atoms with Crippen molar-refractivity contribution in [3.8, 4) is 0 Å². The van der Waals surface area contributed by atoms with Crippen molar-refractivity contribution in [2.75, 3.05) is 52.4 Å². The van der Waals surface area contributed by atoms with E-state index in [-0.39, 0.29) is 30.2 Å². The molecule has 36 heavy (non-hydrogen) atoms. The van der Waals surface area contributed by atoms with E-state index in [1.165, 1.54) is 0 Å². The predicted molar refractivity (Wildman–Crippen MR) is 137 cm³/mol. The van der Waals surface area contributed by atoms with Crippen molar-refractivity contribution in [3.63, 3.8) is 0 Å². The Labute approximate surface area is 213 Å². The van der Waals surface area contributed by atoms with E-state index >= 15 is 0 Å². The van der Waals surface area contributed by atoms with Gasteiger partial charge in [0.1, 0.15) is 6.04 Å². The number of amides is 4. The average Bonchev–Trinajstić information content (AvgIpc) is 3.35. The lowest BCUT2D eigenvalue weighted by molar-refractivity contribution is -0.141. The van der Waals surface area contributed by atoms with Gasteiger partial charge in [0.2, 0.25) is 11.8 Å². The van der Waals surface area contributed by atoms with Crippen LogP contribution in [0, 0.1) is 5.41 Å². The fourth-order valence-corrected chi connectivity index (χ4v) is 3.99. The molecule has 4 amide bonds. The lowest BCUT2D eigenvalue weighted by atomic mass is 9.89. The fraction of sp³-hybridized carbons (Fsp3) is 0.792. The number of piperazine rings is 1. The van der Waals surface area contributed by atoms with E-state index in [4.69, 9.17) is 0 Å². The van der Waals surface area contributed by atoms with Crippen molar-refractivity contribution in [3.05, 3.63) is 0 Å². The Morgan fingerprint density at radius 1 is 1.03 bits per heavy atom. The Hall–Kier alpha value is -3.05. The van der Waals surface area contributed by atoms with Gasteiger partial charge in [-0.25, -0.2) is 9.59 Å². The number of carbonyl (C=O) groups excluding carboxylic acids is 3. The Kier molecular flexibility index (Phi) is 11.7. The predicted octanol–water partition coefficient (Wildman–Crippen LogP) is 0.345. The van der Waals surface area contributed by atoms with Crippen LogP contribution >= 0.6 is 0 Å². The maximum absolute atomic E-state index is 12.5. The minimum atomic E-state index is -1.20. The molecule has 1 fully saturated rings. The number of urea groups is 1. The summed E-state index contributed by atoms with van der Waals surface area (Å²) in [5, 5.41) is 20.8. The summed E-state index contributed by atoms with van der Waals surface area (Å²) >= 11 is 0. The van der Waals surface area contributed by atoms with Crippen LogP contribution in [0.4, 0.5) is 4.79 Å². The number of carboxylic acids is 1. The number of nitrogens with zero attached hydrogens (tertiary/aromatic N) is 3. The molecule has 0 unspecified atom stereocenters. The van der Waals surface area contributed by atoms with E-state index < -0.39 is 18.0 Å². The van der Waals surface area contributed by atoms with Crippen molar-refractivity contribution >= 4 is 29.8 Å². The summed E-state index contributed by atoms with van der Waals surface area (Å²) in [7, 11) is 0. The summed E-state index contributed by atoms with van der Waals surface area (Å²) < 4.78 is 0. The first-order chi connectivity index (χ1) is 17.0. The highest BCUT2D eigenvalue weighted by molar-refractivity contribution is 5.84. The SMILES string of the molecule is CC(C)(C)CCCCC(=O)N[C@@H](CNC(=O)N1CCN(C(=O)CCCNC2=NCCN2)CC1)C(=O)O. The number of hydrogen-bond acceptors (Lipinski definition) is 7. The molecule has 0 bridgehead atoms.